The average molecular weight is 423 g/mol. The lowest BCUT2D eigenvalue weighted by Gasteiger charge is -2.09. The van der Waals surface area contributed by atoms with Gasteiger partial charge in [-0.3, -0.25) is 14.3 Å². The number of benzene rings is 2. The summed E-state index contributed by atoms with van der Waals surface area (Å²) >= 11 is 12.4. The molecule has 0 radical (unpaired) electrons. The van der Waals surface area contributed by atoms with E-state index in [1.807, 2.05) is 47.9 Å². The molecule has 0 aliphatic heterocycles. The second-order valence-corrected chi connectivity index (χ2v) is 7.26. The summed E-state index contributed by atoms with van der Waals surface area (Å²) in [6.07, 6.45) is 4.97. The van der Waals surface area contributed by atoms with Crippen molar-refractivity contribution in [2.75, 3.05) is 5.32 Å². The van der Waals surface area contributed by atoms with Gasteiger partial charge >= 0.3 is 0 Å². The van der Waals surface area contributed by atoms with Crippen molar-refractivity contribution in [3.05, 3.63) is 94.5 Å². The first-order valence-corrected chi connectivity index (χ1v) is 9.61. The number of nitrogens with zero attached hydrogens (tertiary/aromatic N) is 3. The van der Waals surface area contributed by atoms with Gasteiger partial charge in [-0.05, 0) is 55.0 Å². The van der Waals surface area contributed by atoms with Crippen molar-refractivity contribution in [2.24, 2.45) is 0 Å². The summed E-state index contributed by atoms with van der Waals surface area (Å²) in [6.45, 7) is 1.90. The molecular weight excluding hydrogens is 407 g/mol. The van der Waals surface area contributed by atoms with Gasteiger partial charge in [0.15, 0.2) is 0 Å². The van der Waals surface area contributed by atoms with E-state index in [1.165, 1.54) is 0 Å². The third-order valence-corrected chi connectivity index (χ3v) is 5.03. The minimum Gasteiger partial charge on any atom is -0.319 e. The van der Waals surface area contributed by atoms with Crippen molar-refractivity contribution in [2.45, 2.75) is 6.92 Å². The predicted molar refractivity (Wildman–Crippen MR) is 116 cm³/mol. The second-order valence-electron chi connectivity index (χ2n) is 6.42. The third-order valence-electron chi connectivity index (χ3n) is 4.45. The normalized spacial score (nSPS) is 10.7. The number of imidazole rings is 1. The molecule has 0 saturated heterocycles. The molecule has 4 rings (SSSR count). The third kappa shape index (κ3) is 4.01. The van der Waals surface area contributed by atoms with Crippen molar-refractivity contribution >= 4 is 34.8 Å². The van der Waals surface area contributed by atoms with Crippen LogP contribution in [0.2, 0.25) is 10.0 Å². The number of rotatable bonds is 4. The number of pyridine rings is 1. The molecule has 5 nitrogen and oxygen atoms in total. The van der Waals surface area contributed by atoms with Crippen molar-refractivity contribution in [1.29, 1.82) is 0 Å². The number of hydrogen-bond donors (Lipinski definition) is 1. The Kier molecular flexibility index (Phi) is 5.34. The molecule has 0 aliphatic carbocycles. The van der Waals surface area contributed by atoms with Gasteiger partial charge in [-0.2, -0.15) is 0 Å². The molecule has 0 bridgehead atoms. The van der Waals surface area contributed by atoms with Crippen LogP contribution >= 0.6 is 23.2 Å². The zero-order valence-corrected chi connectivity index (χ0v) is 16.9. The van der Waals surface area contributed by atoms with Crippen LogP contribution in [0.25, 0.3) is 17.1 Å². The van der Waals surface area contributed by atoms with Crippen LogP contribution in [0, 0.1) is 6.92 Å². The van der Waals surface area contributed by atoms with E-state index in [1.54, 1.807) is 36.8 Å². The van der Waals surface area contributed by atoms with Crippen LogP contribution in [-0.4, -0.2) is 20.4 Å². The fraction of sp³-hybridized carbons (Fsp3) is 0.0455. The van der Waals surface area contributed by atoms with E-state index in [0.717, 1.165) is 16.8 Å². The largest absolute Gasteiger partial charge is 0.319 e. The molecule has 0 unspecified atom stereocenters. The highest BCUT2D eigenvalue weighted by Crippen LogP contribution is 2.30. The molecule has 0 fully saturated rings. The zero-order valence-electron chi connectivity index (χ0n) is 15.4. The number of nitrogens with one attached hydrogen (secondary N) is 1. The van der Waals surface area contributed by atoms with Crippen molar-refractivity contribution in [3.63, 3.8) is 0 Å². The van der Waals surface area contributed by atoms with Crippen LogP contribution in [-0.2, 0) is 0 Å². The van der Waals surface area contributed by atoms with Gasteiger partial charge in [0.25, 0.3) is 5.91 Å². The highest BCUT2D eigenvalue weighted by Gasteiger charge is 2.19. The van der Waals surface area contributed by atoms with Crippen LogP contribution < -0.4 is 5.32 Å². The molecule has 2 aromatic heterocycles. The summed E-state index contributed by atoms with van der Waals surface area (Å²) < 4.78 is 1.82. The Hall–Kier alpha value is -3.15. The van der Waals surface area contributed by atoms with E-state index in [-0.39, 0.29) is 11.6 Å². The molecule has 1 N–H and O–H groups in total. The first kappa shape index (κ1) is 19.2. The lowest BCUT2D eigenvalue weighted by atomic mass is 10.2. The Morgan fingerprint density at radius 2 is 1.79 bits per heavy atom. The van der Waals surface area contributed by atoms with E-state index in [0.29, 0.717) is 21.6 Å². The van der Waals surface area contributed by atoms with Crippen LogP contribution in [0.15, 0.2) is 73.2 Å². The number of anilines is 1. The topological polar surface area (TPSA) is 59.8 Å². The highest BCUT2D eigenvalue weighted by molar-refractivity contribution is 6.33. The van der Waals surface area contributed by atoms with E-state index in [2.05, 4.69) is 15.3 Å². The smallest absolute Gasteiger partial charge is 0.275 e. The van der Waals surface area contributed by atoms with Gasteiger partial charge in [-0.1, -0.05) is 35.3 Å². The number of carbonyl (C=O) groups excluding carboxylic acids is 1. The average Bonchev–Trinajstić information content (AvgIpc) is 3.16. The summed E-state index contributed by atoms with van der Waals surface area (Å²) in [6, 6.07) is 16.5. The Bertz CT molecular complexity index is 1190. The monoisotopic (exact) mass is 422 g/mol. The summed E-state index contributed by atoms with van der Waals surface area (Å²) in [7, 11) is 0. The first-order valence-electron chi connectivity index (χ1n) is 8.85. The van der Waals surface area contributed by atoms with Gasteiger partial charge in [-0.15, -0.1) is 0 Å². The minimum absolute atomic E-state index is 0.262. The number of carbonyl (C=O) groups is 1. The highest BCUT2D eigenvalue weighted by atomic mass is 35.5. The molecular formula is C22H16Cl2N4O. The van der Waals surface area contributed by atoms with Crippen molar-refractivity contribution in [1.82, 2.24) is 14.5 Å². The summed E-state index contributed by atoms with van der Waals surface area (Å²) in [5.74, 6) is 0.230. The lowest BCUT2D eigenvalue weighted by molar-refractivity contribution is 0.102. The summed E-state index contributed by atoms with van der Waals surface area (Å²) in [5.41, 5.74) is 3.35. The molecule has 2 aromatic carbocycles. The summed E-state index contributed by atoms with van der Waals surface area (Å²) in [4.78, 5) is 21.5. The molecule has 29 heavy (non-hydrogen) atoms. The molecule has 7 heteroatoms. The summed E-state index contributed by atoms with van der Waals surface area (Å²) in [5, 5.41) is 4.03. The van der Waals surface area contributed by atoms with Crippen LogP contribution in [0.1, 0.15) is 16.1 Å². The zero-order chi connectivity index (χ0) is 20.4. The Labute approximate surface area is 178 Å². The fourth-order valence-electron chi connectivity index (χ4n) is 2.90. The van der Waals surface area contributed by atoms with Gasteiger partial charge < -0.3 is 5.32 Å². The minimum atomic E-state index is -0.331. The van der Waals surface area contributed by atoms with Gasteiger partial charge in [0.1, 0.15) is 11.5 Å². The van der Waals surface area contributed by atoms with Crippen LogP contribution in [0.5, 0.6) is 0 Å². The standard InChI is InChI=1S/C22H16Cl2N4O/c1-14-10-11-25-12-19(14)27-22(29)20-13-28(16-8-6-15(23)7-9-16)21(26-20)17-4-2-3-5-18(17)24/h2-13H,1H3,(H,27,29). The number of halogens is 2. The van der Waals surface area contributed by atoms with Crippen molar-refractivity contribution in [3.8, 4) is 17.1 Å². The number of aryl methyl sites for hydroxylation is 1. The molecule has 2 heterocycles. The van der Waals surface area contributed by atoms with E-state index >= 15 is 0 Å². The van der Waals surface area contributed by atoms with E-state index in [4.69, 9.17) is 23.2 Å². The SMILES string of the molecule is Cc1ccncc1NC(=O)c1cn(-c2ccc(Cl)cc2)c(-c2ccccc2Cl)n1. The second kappa shape index (κ2) is 8.07. The van der Waals surface area contributed by atoms with Crippen LogP contribution in [0.3, 0.4) is 0 Å². The Morgan fingerprint density at radius 3 is 2.52 bits per heavy atom. The Balaban J connectivity index is 1.79. The van der Waals surface area contributed by atoms with Crippen molar-refractivity contribution < 1.29 is 4.79 Å². The fourth-order valence-corrected chi connectivity index (χ4v) is 3.25. The molecule has 144 valence electrons. The molecule has 4 aromatic rings. The Morgan fingerprint density at radius 1 is 1.03 bits per heavy atom. The molecule has 0 spiro atoms. The van der Waals surface area contributed by atoms with Gasteiger partial charge in [0, 0.05) is 28.7 Å². The van der Waals surface area contributed by atoms with E-state index in [9.17, 15) is 4.79 Å². The first-order chi connectivity index (χ1) is 14.0. The number of hydrogen-bond acceptors (Lipinski definition) is 3. The van der Waals surface area contributed by atoms with Gasteiger partial charge in [-0.25, -0.2) is 4.98 Å². The maximum atomic E-state index is 12.9. The quantitative estimate of drug-likeness (QED) is 0.451. The molecule has 0 atom stereocenters. The van der Waals surface area contributed by atoms with Crippen LogP contribution in [0.4, 0.5) is 5.69 Å². The maximum absolute atomic E-state index is 12.9. The predicted octanol–water partition coefficient (Wildman–Crippen LogP) is 5.80. The molecule has 0 aliphatic rings. The molecule has 1 amide bonds. The number of amides is 1. The van der Waals surface area contributed by atoms with Gasteiger partial charge in [0.2, 0.25) is 0 Å². The number of aromatic nitrogens is 3. The molecule has 0 saturated carbocycles. The van der Waals surface area contributed by atoms with Gasteiger partial charge in [0.05, 0.1) is 16.9 Å². The lowest BCUT2D eigenvalue weighted by Crippen LogP contribution is -2.13. The van der Waals surface area contributed by atoms with E-state index < -0.39 is 0 Å². The maximum Gasteiger partial charge on any atom is 0.275 e.